The van der Waals surface area contributed by atoms with Crippen LogP contribution in [0.4, 0.5) is 13.2 Å². The number of alkyl halides is 3. The number of halogens is 4. The Morgan fingerprint density at radius 2 is 2.08 bits per heavy atom. The highest BCUT2D eigenvalue weighted by atomic mass is 79.9. The third-order valence-corrected chi connectivity index (χ3v) is 1.75. The van der Waals surface area contributed by atoms with E-state index in [9.17, 15) is 13.2 Å². The SMILES string of the molecule is COc1ncc(Br)c(C(F)(F)F)n1. The summed E-state index contributed by atoms with van der Waals surface area (Å²) in [6.07, 6.45) is -3.51. The smallest absolute Gasteiger partial charge is 0.434 e. The van der Waals surface area contributed by atoms with Crippen molar-refractivity contribution in [1.82, 2.24) is 9.97 Å². The normalized spacial score (nSPS) is 11.5. The van der Waals surface area contributed by atoms with E-state index in [4.69, 9.17) is 0 Å². The van der Waals surface area contributed by atoms with Crippen molar-refractivity contribution < 1.29 is 17.9 Å². The summed E-state index contributed by atoms with van der Waals surface area (Å²) in [5, 5.41) is 0. The molecule has 13 heavy (non-hydrogen) atoms. The number of ether oxygens (including phenoxy) is 1. The Balaban J connectivity index is 3.19. The molecule has 3 nitrogen and oxygen atoms in total. The molecule has 0 N–H and O–H groups in total. The molecule has 0 aliphatic heterocycles. The fourth-order valence-corrected chi connectivity index (χ4v) is 1.06. The predicted molar refractivity (Wildman–Crippen MR) is 41.3 cm³/mol. The first-order valence-electron chi connectivity index (χ1n) is 3.09. The molecule has 0 aliphatic carbocycles. The van der Waals surface area contributed by atoms with Gasteiger partial charge in [0.25, 0.3) is 0 Å². The Morgan fingerprint density at radius 1 is 1.46 bits per heavy atom. The zero-order chi connectivity index (χ0) is 10.1. The van der Waals surface area contributed by atoms with Gasteiger partial charge in [-0.2, -0.15) is 18.2 Å². The van der Waals surface area contributed by atoms with Gasteiger partial charge in [-0.15, -0.1) is 0 Å². The molecule has 7 heteroatoms. The second-order valence-electron chi connectivity index (χ2n) is 2.05. The molecule has 0 atom stereocenters. The van der Waals surface area contributed by atoms with Gasteiger partial charge < -0.3 is 4.74 Å². The van der Waals surface area contributed by atoms with E-state index in [1.807, 2.05) is 0 Å². The monoisotopic (exact) mass is 256 g/mol. The lowest BCUT2D eigenvalue weighted by Gasteiger charge is -2.07. The zero-order valence-electron chi connectivity index (χ0n) is 6.39. The van der Waals surface area contributed by atoms with Gasteiger partial charge in [-0.1, -0.05) is 0 Å². The molecule has 1 rings (SSSR count). The van der Waals surface area contributed by atoms with Crippen LogP contribution in [0.3, 0.4) is 0 Å². The van der Waals surface area contributed by atoms with E-state index in [1.54, 1.807) is 0 Å². The number of nitrogens with zero attached hydrogens (tertiary/aromatic N) is 2. The van der Waals surface area contributed by atoms with Crippen molar-refractivity contribution in [3.63, 3.8) is 0 Å². The standard InChI is InChI=1S/C6H4BrF3N2O/c1-13-5-11-2-3(7)4(12-5)6(8,9)10/h2H,1H3. The summed E-state index contributed by atoms with van der Waals surface area (Å²) in [6, 6.07) is -0.310. The van der Waals surface area contributed by atoms with Crippen LogP contribution >= 0.6 is 15.9 Å². The van der Waals surface area contributed by atoms with Gasteiger partial charge in [0.15, 0.2) is 5.69 Å². The first kappa shape index (κ1) is 10.2. The minimum Gasteiger partial charge on any atom is -0.467 e. The molecule has 0 bridgehead atoms. The number of aromatic nitrogens is 2. The maximum Gasteiger partial charge on any atom is 0.434 e. The third kappa shape index (κ3) is 2.30. The lowest BCUT2D eigenvalue weighted by molar-refractivity contribution is -0.142. The van der Waals surface area contributed by atoms with Gasteiger partial charge in [0, 0.05) is 6.20 Å². The second-order valence-corrected chi connectivity index (χ2v) is 2.91. The molecular weight excluding hydrogens is 253 g/mol. The van der Waals surface area contributed by atoms with E-state index in [0.717, 1.165) is 6.20 Å². The molecule has 0 saturated carbocycles. The molecule has 0 saturated heterocycles. The van der Waals surface area contributed by atoms with E-state index in [1.165, 1.54) is 7.11 Å². The molecular formula is C6H4BrF3N2O. The summed E-state index contributed by atoms with van der Waals surface area (Å²) < 4.78 is 40.8. The van der Waals surface area contributed by atoms with Crippen molar-refractivity contribution in [2.45, 2.75) is 6.18 Å². The van der Waals surface area contributed by atoms with Gasteiger partial charge in [0.05, 0.1) is 11.6 Å². The van der Waals surface area contributed by atoms with Gasteiger partial charge >= 0.3 is 12.2 Å². The van der Waals surface area contributed by atoms with E-state index >= 15 is 0 Å². The van der Waals surface area contributed by atoms with E-state index in [2.05, 4.69) is 30.6 Å². The van der Waals surface area contributed by atoms with Crippen LogP contribution in [0.5, 0.6) is 6.01 Å². The molecule has 1 heterocycles. The molecule has 0 fully saturated rings. The van der Waals surface area contributed by atoms with Crippen molar-refractivity contribution in [2.24, 2.45) is 0 Å². The van der Waals surface area contributed by atoms with E-state index < -0.39 is 11.9 Å². The van der Waals surface area contributed by atoms with Crippen LogP contribution in [0, 0.1) is 0 Å². The van der Waals surface area contributed by atoms with Crippen LogP contribution in [0.15, 0.2) is 10.7 Å². The number of methoxy groups -OCH3 is 1. The number of hydrogen-bond acceptors (Lipinski definition) is 3. The van der Waals surface area contributed by atoms with Crippen molar-refractivity contribution in [3.05, 3.63) is 16.4 Å². The first-order chi connectivity index (χ1) is 5.95. The lowest BCUT2D eigenvalue weighted by Crippen LogP contribution is -2.10. The topological polar surface area (TPSA) is 35.0 Å². The van der Waals surface area contributed by atoms with Crippen LogP contribution in [0.25, 0.3) is 0 Å². The summed E-state index contributed by atoms with van der Waals surface area (Å²) >= 11 is 2.69. The second kappa shape index (κ2) is 3.49. The summed E-state index contributed by atoms with van der Waals surface area (Å²) in [5.41, 5.74) is -1.04. The van der Waals surface area contributed by atoms with Gasteiger partial charge in [0.1, 0.15) is 0 Å². The summed E-state index contributed by atoms with van der Waals surface area (Å²) in [5.74, 6) is 0. The third-order valence-electron chi connectivity index (χ3n) is 1.17. The van der Waals surface area contributed by atoms with Crippen molar-refractivity contribution in [3.8, 4) is 6.01 Å². The van der Waals surface area contributed by atoms with Gasteiger partial charge in [-0.25, -0.2) is 4.98 Å². The molecule has 1 aromatic rings. The maximum absolute atomic E-state index is 12.2. The van der Waals surface area contributed by atoms with Crippen molar-refractivity contribution >= 4 is 15.9 Å². The van der Waals surface area contributed by atoms with Crippen LogP contribution in [0.2, 0.25) is 0 Å². The van der Waals surface area contributed by atoms with Crippen LogP contribution < -0.4 is 4.74 Å². The van der Waals surface area contributed by atoms with Crippen LogP contribution in [0.1, 0.15) is 5.69 Å². The van der Waals surface area contributed by atoms with Gasteiger partial charge in [-0.05, 0) is 15.9 Å². The fourth-order valence-electron chi connectivity index (χ4n) is 0.648. The summed E-state index contributed by atoms with van der Waals surface area (Å²) in [4.78, 5) is 6.65. The Kier molecular flexibility index (Phi) is 2.74. The molecule has 0 amide bonds. The predicted octanol–water partition coefficient (Wildman–Crippen LogP) is 2.27. The molecule has 1 aromatic heterocycles. The molecule has 0 unspecified atom stereocenters. The Bertz CT molecular complexity index is 315. The largest absolute Gasteiger partial charge is 0.467 e. The Hall–Kier alpha value is -0.850. The molecule has 72 valence electrons. The van der Waals surface area contributed by atoms with Gasteiger partial charge in [-0.3, -0.25) is 0 Å². The Morgan fingerprint density at radius 3 is 2.54 bits per heavy atom. The molecule has 0 aliphatic rings. The highest BCUT2D eigenvalue weighted by Crippen LogP contribution is 2.33. The molecule has 0 aromatic carbocycles. The molecule has 0 radical (unpaired) electrons. The highest BCUT2D eigenvalue weighted by molar-refractivity contribution is 9.10. The van der Waals surface area contributed by atoms with Crippen molar-refractivity contribution in [1.29, 1.82) is 0 Å². The summed E-state index contributed by atoms with van der Waals surface area (Å²) in [7, 11) is 1.20. The number of hydrogen-bond donors (Lipinski definition) is 0. The average molecular weight is 257 g/mol. The first-order valence-corrected chi connectivity index (χ1v) is 3.88. The van der Waals surface area contributed by atoms with E-state index in [-0.39, 0.29) is 10.5 Å². The minimum atomic E-state index is -4.50. The molecule has 0 spiro atoms. The lowest BCUT2D eigenvalue weighted by atomic mass is 10.4. The number of rotatable bonds is 1. The Labute approximate surface area is 80.1 Å². The van der Waals surface area contributed by atoms with Crippen LogP contribution in [-0.4, -0.2) is 17.1 Å². The fraction of sp³-hybridized carbons (Fsp3) is 0.333. The summed E-state index contributed by atoms with van der Waals surface area (Å²) in [6.45, 7) is 0. The van der Waals surface area contributed by atoms with Gasteiger partial charge in [0.2, 0.25) is 0 Å². The quantitative estimate of drug-likeness (QED) is 0.774. The zero-order valence-corrected chi connectivity index (χ0v) is 7.98. The van der Waals surface area contributed by atoms with E-state index in [0.29, 0.717) is 0 Å². The minimum absolute atomic E-state index is 0.208. The van der Waals surface area contributed by atoms with Crippen molar-refractivity contribution in [2.75, 3.05) is 7.11 Å². The highest BCUT2D eigenvalue weighted by Gasteiger charge is 2.35. The average Bonchev–Trinajstić information content (AvgIpc) is 2.03. The van der Waals surface area contributed by atoms with Crippen LogP contribution in [-0.2, 0) is 6.18 Å². The maximum atomic E-state index is 12.2.